The zero-order chi connectivity index (χ0) is 14.5. The molecule has 2 aromatic carbocycles. The lowest BCUT2D eigenvalue weighted by molar-refractivity contribution is 0.185. The summed E-state index contributed by atoms with van der Waals surface area (Å²) in [7, 11) is 1.73. The van der Waals surface area contributed by atoms with E-state index in [1.165, 1.54) is 22.3 Å². The summed E-state index contributed by atoms with van der Waals surface area (Å²) in [6.45, 7) is 7.12. The number of para-hydroxylation sites is 1. The van der Waals surface area contributed by atoms with Crippen LogP contribution in [0, 0.1) is 13.8 Å². The van der Waals surface area contributed by atoms with Crippen LogP contribution in [0.25, 0.3) is 0 Å². The number of anilines is 1. The number of aryl methyl sites for hydroxylation is 2. The zero-order valence-electron chi connectivity index (χ0n) is 12.7. The monoisotopic (exact) mass is 269 g/mol. The molecule has 0 aromatic heterocycles. The Hall–Kier alpha value is -1.80. The zero-order valence-corrected chi connectivity index (χ0v) is 12.7. The molecule has 0 bridgehead atoms. The first-order valence-electron chi connectivity index (χ1n) is 7.02. The average Bonchev–Trinajstić information content (AvgIpc) is 2.41. The molecule has 1 atom stereocenters. The Bertz CT molecular complexity index is 577. The molecular weight excluding hydrogens is 246 g/mol. The highest BCUT2D eigenvalue weighted by atomic mass is 16.5. The minimum absolute atomic E-state index is 0.272. The van der Waals surface area contributed by atoms with Crippen LogP contribution in [-0.4, -0.2) is 7.11 Å². The lowest BCUT2D eigenvalue weighted by Crippen LogP contribution is -2.10. The van der Waals surface area contributed by atoms with E-state index in [2.05, 4.69) is 62.5 Å². The highest BCUT2D eigenvalue weighted by Gasteiger charge is 2.10. The molecule has 0 fully saturated rings. The van der Waals surface area contributed by atoms with Gasteiger partial charge >= 0.3 is 0 Å². The van der Waals surface area contributed by atoms with E-state index < -0.39 is 0 Å². The van der Waals surface area contributed by atoms with Crippen molar-refractivity contribution in [2.75, 3.05) is 12.4 Å². The van der Waals surface area contributed by atoms with Crippen LogP contribution in [0.15, 0.2) is 42.5 Å². The molecule has 20 heavy (non-hydrogen) atoms. The standard InChI is InChI=1S/C18H23NO/c1-13-9-10-17(14(2)11-13)15(3)19-18-8-6-5-7-16(18)12-20-4/h5-11,15,19H,12H2,1-4H3. The largest absolute Gasteiger partial charge is 0.380 e. The van der Waals surface area contributed by atoms with E-state index in [0.29, 0.717) is 6.61 Å². The lowest BCUT2D eigenvalue weighted by Gasteiger charge is -2.20. The van der Waals surface area contributed by atoms with Gasteiger partial charge in [0.1, 0.15) is 0 Å². The molecule has 106 valence electrons. The van der Waals surface area contributed by atoms with E-state index >= 15 is 0 Å². The number of rotatable bonds is 5. The van der Waals surface area contributed by atoms with Crippen LogP contribution in [0.4, 0.5) is 5.69 Å². The molecule has 2 nitrogen and oxygen atoms in total. The first-order valence-corrected chi connectivity index (χ1v) is 7.02. The highest BCUT2D eigenvalue weighted by molar-refractivity contribution is 5.53. The number of methoxy groups -OCH3 is 1. The fourth-order valence-corrected chi connectivity index (χ4v) is 2.56. The van der Waals surface area contributed by atoms with Crippen LogP contribution in [-0.2, 0) is 11.3 Å². The van der Waals surface area contributed by atoms with Gasteiger partial charge in [-0.3, -0.25) is 0 Å². The molecule has 2 heteroatoms. The highest BCUT2D eigenvalue weighted by Crippen LogP contribution is 2.25. The van der Waals surface area contributed by atoms with Crippen LogP contribution in [0.5, 0.6) is 0 Å². The summed E-state index contributed by atoms with van der Waals surface area (Å²) in [4.78, 5) is 0. The summed E-state index contributed by atoms with van der Waals surface area (Å²) in [5.74, 6) is 0. The molecule has 1 unspecified atom stereocenters. The van der Waals surface area contributed by atoms with Gasteiger partial charge < -0.3 is 10.1 Å². The molecule has 0 heterocycles. The Labute approximate surface area is 121 Å². The maximum absolute atomic E-state index is 5.26. The third-order valence-electron chi connectivity index (χ3n) is 3.58. The van der Waals surface area contributed by atoms with Crippen molar-refractivity contribution in [2.45, 2.75) is 33.4 Å². The van der Waals surface area contributed by atoms with Crippen molar-refractivity contribution in [2.24, 2.45) is 0 Å². The minimum atomic E-state index is 0.272. The Morgan fingerprint density at radius 3 is 2.55 bits per heavy atom. The van der Waals surface area contributed by atoms with E-state index in [1.807, 2.05) is 6.07 Å². The minimum Gasteiger partial charge on any atom is -0.380 e. The maximum atomic E-state index is 5.26. The van der Waals surface area contributed by atoms with E-state index in [1.54, 1.807) is 7.11 Å². The van der Waals surface area contributed by atoms with Gasteiger partial charge in [-0.2, -0.15) is 0 Å². The predicted octanol–water partition coefficient (Wildman–Crippen LogP) is 4.62. The molecule has 0 saturated heterocycles. The lowest BCUT2D eigenvalue weighted by atomic mass is 10.00. The van der Waals surface area contributed by atoms with Gasteiger partial charge in [0.05, 0.1) is 6.61 Å². The van der Waals surface area contributed by atoms with E-state index in [4.69, 9.17) is 4.74 Å². The molecule has 0 aliphatic carbocycles. The van der Waals surface area contributed by atoms with E-state index in [-0.39, 0.29) is 6.04 Å². The van der Waals surface area contributed by atoms with E-state index in [0.717, 1.165) is 5.69 Å². The van der Waals surface area contributed by atoms with Crippen molar-refractivity contribution in [3.05, 3.63) is 64.7 Å². The molecule has 2 rings (SSSR count). The second-order valence-electron chi connectivity index (χ2n) is 5.32. The normalized spacial score (nSPS) is 12.2. The molecule has 2 aromatic rings. The summed E-state index contributed by atoms with van der Waals surface area (Å²) in [6, 6.07) is 15.2. The second-order valence-corrected chi connectivity index (χ2v) is 5.32. The number of hydrogen-bond acceptors (Lipinski definition) is 2. The van der Waals surface area contributed by atoms with Crippen LogP contribution < -0.4 is 5.32 Å². The number of hydrogen-bond donors (Lipinski definition) is 1. The summed E-state index contributed by atoms with van der Waals surface area (Å²) in [5, 5.41) is 3.59. The number of ether oxygens (including phenoxy) is 1. The summed E-state index contributed by atoms with van der Waals surface area (Å²) < 4.78 is 5.26. The molecule has 0 saturated carbocycles. The van der Waals surface area contributed by atoms with Crippen molar-refractivity contribution in [1.82, 2.24) is 0 Å². The van der Waals surface area contributed by atoms with Gasteiger partial charge in [-0.25, -0.2) is 0 Å². The Morgan fingerprint density at radius 1 is 1.10 bits per heavy atom. The van der Waals surface area contributed by atoms with Crippen molar-refractivity contribution in [3.63, 3.8) is 0 Å². The van der Waals surface area contributed by atoms with Crippen LogP contribution in [0.3, 0.4) is 0 Å². The van der Waals surface area contributed by atoms with Gasteiger partial charge in [0.15, 0.2) is 0 Å². The number of benzene rings is 2. The molecule has 1 N–H and O–H groups in total. The van der Waals surface area contributed by atoms with Crippen LogP contribution in [0.2, 0.25) is 0 Å². The van der Waals surface area contributed by atoms with Gasteiger partial charge in [-0.05, 0) is 38.0 Å². The summed E-state index contributed by atoms with van der Waals surface area (Å²) >= 11 is 0. The molecular formula is C18H23NO. The van der Waals surface area contributed by atoms with Crippen molar-refractivity contribution in [1.29, 1.82) is 0 Å². The smallest absolute Gasteiger partial charge is 0.0733 e. The number of nitrogens with one attached hydrogen (secondary N) is 1. The van der Waals surface area contributed by atoms with Crippen LogP contribution >= 0.6 is 0 Å². The van der Waals surface area contributed by atoms with Gasteiger partial charge in [-0.15, -0.1) is 0 Å². The van der Waals surface area contributed by atoms with Gasteiger partial charge in [0.25, 0.3) is 0 Å². The summed E-state index contributed by atoms with van der Waals surface area (Å²) in [6.07, 6.45) is 0. The van der Waals surface area contributed by atoms with Gasteiger partial charge in [-0.1, -0.05) is 42.0 Å². The van der Waals surface area contributed by atoms with Gasteiger partial charge in [0.2, 0.25) is 0 Å². The fourth-order valence-electron chi connectivity index (χ4n) is 2.56. The Kier molecular flexibility index (Phi) is 4.80. The SMILES string of the molecule is COCc1ccccc1NC(C)c1ccc(C)cc1C. The Morgan fingerprint density at radius 2 is 1.85 bits per heavy atom. The van der Waals surface area contributed by atoms with Crippen molar-refractivity contribution in [3.8, 4) is 0 Å². The van der Waals surface area contributed by atoms with Gasteiger partial charge in [0, 0.05) is 24.4 Å². The molecule has 0 radical (unpaired) electrons. The second kappa shape index (κ2) is 6.58. The average molecular weight is 269 g/mol. The van der Waals surface area contributed by atoms with Crippen molar-refractivity contribution >= 4 is 5.69 Å². The van der Waals surface area contributed by atoms with Crippen LogP contribution in [0.1, 0.15) is 35.2 Å². The topological polar surface area (TPSA) is 21.3 Å². The maximum Gasteiger partial charge on any atom is 0.0733 e. The molecule has 0 amide bonds. The quantitative estimate of drug-likeness (QED) is 0.855. The first-order chi connectivity index (χ1) is 9.61. The van der Waals surface area contributed by atoms with Crippen molar-refractivity contribution < 1.29 is 4.74 Å². The Balaban J connectivity index is 2.21. The first kappa shape index (κ1) is 14.6. The summed E-state index contributed by atoms with van der Waals surface area (Å²) in [5.41, 5.74) is 6.30. The molecule has 0 aliphatic heterocycles. The molecule has 0 spiro atoms. The third kappa shape index (κ3) is 3.40. The fraction of sp³-hybridized carbons (Fsp3) is 0.333. The van der Waals surface area contributed by atoms with E-state index in [9.17, 15) is 0 Å². The third-order valence-corrected chi connectivity index (χ3v) is 3.58. The predicted molar refractivity (Wildman–Crippen MR) is 85.1 cm³/mol. The molecule has 0 aliphatic rings.